The van der Waals surface area contributed by atoms with Crippen molar-refractivity contribution in [2.75, 3.05) is 18.0 Å². The first-order valence-electron chi connectivity index (χ1n) is 9.81. The summed E-state index contributed by atoms with van der Waals surface area (Å²) in [6.45, 7) is 5.36. The molecule has 140 valence electrons. The van der Waals surface area contributed by atoms with E-state index in [1.807, 2.05) is 59.2 Å². The Hall–Kier alpha value is -2.62. The number of amides is 2. The second kappa shape index (κ2) is 7.18. The summed E-state index contributed by atoms with van der Waals surface area (Å²) in [7, 11) is 0. The molecule has 0 N–H and O–H groups in total. The Labute approximate surface area is 160 Å². The number of hydrogen-bond acceptors (Lipinski definition) is 2. The highest BCUT2D eigenvalue weighted by molar-refractivity contribution is 5.99. The van der Waals surface area contributed by atoms with Gasteiger partial charge in [-0.25, -0.2) is 0 Å². The summed E-state index contributed by atoms with van der Waals surface area (Å²) in [6, 6.07) is 16.0. The van der Waals surface area contributed by atoms with E-state index in [0.29, 0.717) is 12.1 Å². The Morgan fingerprint density at radius 2 is 1.78 bits per heavy atom. The lowest BCUT2D eigenvalue weighted by Crippen LogP contribution is -2.48. The molecule has 0 aliphatic carbocycles. The fraction of sp³-hybridized carbons (Fsp3) is 0.391. The number of likely N-dealkylation sites (tertiary alicyclic amines) is 1. The van der Waals surface area contributed by atoms with Crippen molar-refractivity contribution in [2.24, 2.45) is 5.92 Å². The van der Waals surface area contributed by atoms with Crippen molar-refractivity contribution in [2.45, 2.75) is 39.2 Å². The molecule has 2 aliphatic heterocycles. The lowest BCUT2D eigenvalue weighted by Gasteiger charge is -2.35. The Bertz CT molecular complexity index is 859. The molecular weight excluding hydrogens is 336 g/mol. The third kappa shape index (κ3) is 3.36. The molecule has 1 saturated heterocycles. The Balaban J connectivity index is 1.50. The number of hydrogen-bond donors (Lipinski definition) is 0. The summed E-state index contributed by atoms with van der Waals surface area (Å²) in [5.74, 6) is 0.0676. The van der Waals surface area contributed by atoms with Gasteiger partial charge < -0.3 is 9.80 Å². The Kier molecular flexibility index (Phi) is 4.73. The average Bonchev–Trinajstić information content (AvgIpc) is 3.03. The number of carbonyl (C=O) groups excluding carboxylic acids is 2. The van der Waals surface area contributed by atoms with Gasteiger partial charge in [-0.15, -0.1) is 0 Å². The zero-order chi connectivity index (χ0) is 19.0. The predicted octanol–water partition coefficient (Wildman–Crippen LogP) is 3.83. The lowest BCUT2D eigenvalue weighted by atomic mass is 9.95. The summed E-state index contributed by atoms with van der Waals surface area (Å²) in [4.78, 5) is 30.0. The number of aryl methyl sites for hydroxylation is 1. The van der Waals surface area contributed by atoms with E-state index in [1.54, 1.807) is 0 Å². The van der Waals surface area contributed by atoms with Crippen LogP contribution in [0.4, 0.5) is 5.69 Å². The molecule has 2 aromatic rings. The van der Waals surface area contributed by atoms with E-state index in [9.17, 15) is 9.59 Å². The van der Waals surface area contributed by atoms with Crippen LogP contribution in [0.2, 0.25) is 0 Å². The molecule has 4 rings (SSSR count). The van der Waals surface area contributed by atoms with Crippen molar-refractivity contribution in [1.82, 2.24) is 4.90 Å². The van der Waals surface area contributed by atoms with Crippen LogP contribution in [0.3, 0.4) is 0 Å². The first-order chi connectivity index (χ1) is 13.0. The molecule has 4 nitrogen and oxygen atoms in total. The van der Waals surface area contributed by atoms with Gasteiger partial charge in [0, 0.05) is 30.4 Å². The van der Waals surface area contributed by atoms with Gasteiger partial charge in [-0.1, -0.05) is 35.9 Å². The first kappa shape index (κ1) is 17.8. The van der Waals surface area contributed by atoms with Gasteiger partial charge in [0.2, 0.25) is 5.91 Å². The predicted molar refractivity (Wildman–Crippen MR) is 107 cm³/mol. The van der Waals surface area contributed by atoms with Gasteiger partial charge in [0.15, 0.2) is 0 Å². The van der Waals surface area contributed by atoms with Crippen LogP contribution in [-0.4, -0.2) is 35.8 Å². The molecule has 0 radical (unpaired) electrons. The van der Waals surface area contributed by atoms with Crippen molar-refractivity contribution in [1.29, 1.82) is 0 Å². The zero-order valence-electron chi connectivity index (χ0n) is 16.0. The third-order valence-electron chi connectivity index (χ3n) is 5.80. The highest BCUT2D eigenvalue weighted by atomic mass is 16.2. The summed E-state index contributed by atoms with van der Waals surface area (Å²) in [6.07, 6.45) is 2.63. The normalized spacial score (nSPS) is 21.9. The number of rotatable bonds is 2. The highest BCUT2D eigenvalue weighted by Crippen LogP contribution is 2.34. The van der Waals surface area contributed by atoms with Crippen molar-refractivity contribution < 1.29 is 9.59 Å². The summed E-state index contributed by atoms with van der Waals surface area (Å²) in [5, 5.41) is 0. The van der Waals surface area contributed by atoms with Gasteiger partial charge in [-0.05, 0) is 56.9 Å². The topological polar surface area (TPSA) is 40.6 Å². The number of carbonyl (C=O) groups is 2. The quantitative estimate of drug-likeness (QED) is 0.815. The van der Waals surface area contributed by atoms with Crippen molar-refractivity contribution in [3.63, 3.8) is 0 Å². The van der Waals surface area contributed by atoms with E-state index in [1.165, 1.54) is 5.56 Å². The monoisotopic (exact) mass is 362 g/mol. The number of anilines is 1. The second-order valence-corrected chi connectivity index (χ2v) is 7.85. The van der Waals surface area contributed by atoms with E-state index in [2.05, 4.69) is 13.0 Å². The van der Waals surface area contributed by atoms with Crippen molar-refractivity contribution >= 4 is 17.5 Å². The maximum absolute atomic E-state index is 13.3. The molecule has 2 atom stereocenters. The molecule has 2 amide bonds. The van der Waals surface area contributed by atoms with Crippen LogP contribution < -0.4 is 4.90 Å². The number of fused-ring (bicyclic) bond motifs is 1. The van der Waals surface area contributed by atoms with Gasteiger partial charge >= 0.3 is 0 Å². The lowest BCUT2D eigenvalue weighted by molar-refractivity contribution is -0.124. The van der Waals surface area contributed by atoms with E-state index >= 15 is 0 Å². The average molecular weight is 362 g/mol. The number of benzene rings is 2. The standard InChI is InChI=1S/C23H26N2O2/c1-16-9-11-18(12-10-16)22(26)24-13-5-7-20(15-24)23(27)25-17(2)14-19-6-3-4-8-21(19)25/h3-4,6,8-12,17,20H,5,7,13-15H2,1-2H3. The molecule has 2 aromatic carbocycles. The molecule has 27 heavy (non-hydrogen) atoms. The van der Waals surface area contributed by atoms with Gasteiger partial charge in [-0.3, -0.25) is 9.59 Å². The molecule has 0 saturated carbocycles. The minimum absolute atomic E-state index is 0.0300. The van der Waals surface area contributed by atoms with Crippen LogP contribution in [-0.2, 0) is 11.2 Å². The molecule has 2 aliphatic rings. The van der Waals surface area contributed by atoms with Crippen molar-refractivity contribution in [3.05, 3.63) is 65.2 Å². The highest BCUT2D eigenvalue weighted by Gasteiger charge is 2.37. The number of nitrogens with zero attached hydrogens (tertiary/aromatic N) is 2. The van der Waals surface area contributed by atoms with Crippen LogP contribution in [0.5, 0.6) is 0 Å². The molecule has 0 spiro atoms. The maximum Gasteiger partial charge on any atom is 0.253 e. The smallest absolute Gasteiger partial charge is 0.253 e. The summed E-state index contributed by atoms with van der Waals surface area (Å²) >= 11 is 0. The Morgan fingerprint density at radius 1 is 1.04 bits per heavy atom. The summed E-state index contributed by atoms with van der Waals surface area (Å²) in [5.41, 5.74) is 4.12. The molecule has 2 unspecified atom stereocenters. The minimum Gasteiger partial charge on any atom is -0.338 e. The number of piperidine rings is 1. The van der Waals surface area contributed by atoms with Gasteiger partial charge in [-0.2, -0.15) is 0 Å². The number of para-hydroxylation sites is 1. The molecule has 0 aromatic heterocycles. The molecular formula is C23H26N2O2. The maximum atomic E-state index is 13.3. The van der Waals surface area contributed by atoms with Crippen LogP contribution in [0.1, 0.15) is 41.3 Å². The third-order valence-corrected chi connectivity index (χ3v) is 5.80. The Morgan fingerprint density at radius 3 is 2.56 bits per heavy atom. The van der Waals surface area contributed by atoms with Crippen LogP contribution >= 0.6 is 0 Å². The van der Waals surface area contributed by atoms with Crippen molar-refractivity contribution in [3.8, 4) is 0 Å². The fourth-order valence-electron chi connectivity index (χ4n) is 4.34. The minimum atomic E-state index is -0.123. The molecule has 1 fully saturated rings. The largest absolute Gasteiger partial charge is 0.338 e. The first-order valence-corrected chi connectivity index (χ1v) is 9.81. The molecule has 2 heterocycles. The fourth-order valence-corrected chi connectivity index (χ4v) is 4.34. The zero-order valence-corrected chi connectivity index (χ0v) is 16.0. The SMILES string of the molecule is Cc1ccc(C(=O)N2CCCC(C(=O)N3c4ccccc4CC3C)C2)cc1. The molecule has 0 bridgehead atoms. The van der Waals surface area contributed by atoms with E-state index in [4.69, 9.17) is 0 Å². The summed E-state index contributed by atoms with van der Waals surface area (Å²) < 4.78 is 0. The van der Waals surface area contributed by atoms with E-state index in [0.717, 1.165) is 37.1 Å². The van der Waals surface area contributed by atoms with Crippen LogP contribution in [0.15, 0.2) is 48.5 Å². The van der Waals surface area contributed by atoms with Gasteiger partial charge in [0.25, 0.3) is 5.91 Å². The van der Waals surface area contributed by atoms with E-state index in [-0.39, 0.29) is 23.8 Å². The van der Waals surface area contributed by atoms with Gasteiger partial charge in [0.1, 0.15) is 0 Å². The molecule has 4 heteroatoms. The van der Waals surface area contributed by atoms with Gasteiger partial charge in [0.05, 0.1) is 5.92 Å². The van der Waals surface area contributed by atoms with Crippen LogP contribution in [0, 0.1) is 12.8 Å². The van der Waals surface area contributed by atoms with E-state index < -0.39 is 0 Å². The van der Waals surface area contributed by atoms with Crippen LogP contribution in [0.25, 0.3) is 0 Å². The second-order valence-electron chi connectivity index (χ2n) is 7.85.